The summed E-state index contributed by atoms with van der Waals surface area (Å²) in [4.78, 5) is 9.39. The molecular formula is C32H26N2O8Zn. The SMILES string of the molecule is [O-]c1cc(O)cc2c1C(=NCCN=C1CC(c3ccc(O)cc3)Oc3cc(O)cc([O-])c31)CC(c1ccc(O)cc1)O2.[Zn+2]. The molecule has 2 aliphatic heterocycles. The number of phenolic OH excluding ortho intramolecular Hbond substituents is 4. The van der Waals surface area contributed by atoms with E-state index in [0.29, 0.717) is 11.4 Å². The number of benzene rings is 4. The Hall–Kier alpha value is -4.76. The molecule has 2 atom stereocenters. The average Bonchev–Trinajstić information content (AvgIpc) is 2.95. The van der Waals surface area contributed by atoms with Crippen molar-refractivity contribution in [2.24, 2.45) is 9.98 Å². The van der Waals surface area contributed by atoms with E-state index >= 15 is 0 Å². The minimum absolute atomic E-state index is 0. The molecule has 43 heavy (non-hydrogen) atoms. The summed E-state index contributed by atoms with van der Waals surface area (Å²) >= 11 is 0. The maximum Gasteiger partial charge on any atom is 2.00 e. The molecule has 11 heteroatoms. The molecule has 4 N–H and O–H groups in total. The van der Waals surface area contributed by atoms with Gasteiger partial charge in [0.15, 0.2) is 0 Å². The van der Waals surface area contributed by atoms with Crippen LogP contribution in [0.25, 0.3) is 0 Å². The topological polar surface area (TPSA) is 170 Å². The van der Waals surface area contributed by atoms with Crippen LogP contribution in [0.15, 0.2) is 82.8 Å². The summed E-state index contributed by atoms with van der Waals surface area (Å²) in [5.74, 6) is -0.577. The summed E-state index contributed by atoms with van der Waals surface area (Å²) in [7, 11) is 0. The number of aliphatic imine (C=N–C) groups is 2. The molecule has 10 nitrogen and oxygen atoms in total. The van der Waals surface area contributed by atoms with Gasteiger partial charge in [-0.05, 0) is 47.5 Å². The van der Waals surface area contributed by atoms with E-state index in [-0.39, 0.29) is 91.0 Å². The molecule has 0 radical (unpaired) electrons. The van der Waals surface area contributed by atoms with Crippen LogP contribution in [-0.4, -0.2) is 44.9 Å². The molecule has 2 unspecified atom stereocenters. The molecule has 0 bridgehead atoms. The minimum Gasteiger partial charge on any atom is -0.872 e. The van der Waals surface area contributed by atoms with E-state index in [0.717, 1.165) is 23.3 Å². The fourth-order valence-corrected chi connectivity index (χ4v) is 5.26. The van der Waals surface area contributed by atoms with Crippen LogP contribution in [0.1, 0.15) is 47.3 Å². The van der Waals surface area contributed by atoms with Crippen LogP contribution in [0.5, 0.6) is 46.0 Å². The molecule has 0 fully saturated rings. The number of ether oxygens (including phenoxy) is 2. The van der Waals surface area contributed by atoms with Crippen LogP contribution in [0.4, 0.5) is 0 Å². The van der Waals surface area contributed by atoms with Crippen molar-refractivity contribution >= 4 is 11.4 Å². The van der Waals surface area contributed by atoms with Gasteiger partial charge in [0.25, 0.3) is 0 Å². The van der Waals surface area contributed by atoms with Crippen LogP contribution in [0.3, 0.4) is 0 Å². The number of fused-ring (bicyclic) bond motifs is 2. The van der Waals surface area contributed by atoms with Crippen molar-refractivity contribution in [2.45, 2.75) is 25.0 Å². The van der Waals surface area contributed by atoms with Gasteiger partial charge in [0.2, 0.25) is 0 Å². The number of hydrogen-bond donors (Lipinski definition) is 4. The maximum absolute atomic E-state index is 12.8. The summed E-state index contributed by atoms with van der Waals surface area (Å²) in [6, 6.07) is 18.1. The third-order valence-electron chi connectivity index (χ3n) is 7.21. The number of aromatic hydroxyl groups is 4. The van der Waals surface area contributed by atoms with Gasteiger partial charge in [0, 0.05) is 47.5 Å². The predicted molar refractivity (Wildman–Crippen MR) is 150 cm³/mol. The second-order valence-corrected chi connectivity index (χ2v) is 10.1. The molecule has 0 saturated carbocycles. The van der Waals surface area contributed by atoms with Gasteiger partial charge in [-0.15, -0.1) is 0 Å². The largest absolute Gasteiger partial charge is 2.00 e. The summed E-state index contributed by atoms with van der Waals surface area (Å²) in [6.07, 6.45) is -0.405. The average molecular weight is 632 g/mol. The first-order valence-corrected chi connectivity index (χ1v) is 13.3. The van der Waals surface area contributed by atoms with Gasteiger partial charge >= 0.3 is 19.5 Å². The van der Waals surface area contributed by atoms with Crippen LogP contribution < -0.4 is 19.7 Å². The molecule has 2 heterocycles. The molecule has 214 valence electrons. The summed E-state index contributed by atoms with van der Waals surface area (Å²) in [5, 5.41) is 64.9. The van der Waals surface area contributed by atoms with Gasteiger partial charge in [-0.3, -0.25) is 9.98 Å². The zero-order valence-corrected chi connectivity index (χ0v) is 25.9. The Morgan fingerprint density at radius 2 is 0.953 bits per heavy atom. The number of hydrogen-bond acceptors (Lipinski definition) is 10. The Morgan fingerprint density at radius 1 is 0.581 bits per heavy atom. The van der Waals surface area contributed by atoms with Crippen molar-refractivity contribution in [3.8, 4) is 46.0 Å². The Bertz CT molecular complexity index is 1580. The molecule has 0 saturated heterocycles. The standard InChI is InChI=1S/C32H28N2O8.Zn/c35-19-5-1-17(2-6-19)27-15-23(31-25(39)11-21(37)13-29(31)41-27)33-9-10-34-24-16-28(18-3-7-20(36)8-4-18)42-30-14-22(38)12-26(40)32(24)30;/h1-8,11-14,27-28,35-40H,9-10,15-16H2;/q;+2/p-2. The van der Waals surface area contributed by atoms with Crippen LogP contribution in [0.2, 0.25) is 0 Å². The fraction of sp³-hybridized carbons (Fsp3) is 0.188. The number of nitrogens with zero attached hydrogens (tertiary/aromatic N) is 2. The van der Waals surface area contributed by atoms with Gasteiger partial charge in [0.05, 0.1) is 13.1 Å². The first kappa shape index (κ1) is 29.7. The van der Waals surface area contributed by atoms with E-state index in [2.05, 4.69) is 0 Å². The van der Waals surface area contributed by atoms with Gasteiger partial charge in [-0.25, -0.2) is 0 Å². The van der Waals surface area contributed by atoms with Gasteiger partial charge in [0.1, 0.15) is 46.7 Å². The van der Waals surface area contributed by atoms with Crippen molar-refractivity contribution in [2.75, 3.05) is 13.1 Å². The minimum atomic E-state index is -0.492. The van der Waals surface area contributed by atoms with Crippen molar-refractivity contribution < 1.29 is 59.6 Å². The van der Waals surface area contributed by atoms with E-state index in [1.807, 2.05) is 0 Å². The Kier molecular flexibility index (Phi) is 8.46. The van der Waals surface area contributed by atoms with Gasteiger partial charge < -0.3 is 40.1 Å². The zero-order valence-electron chi connectivity index (χ0n) is 22.9. The molecular weight excluding hydrogens is 606 g/mol. The normalized spacial score (nSPS) is 19.1. The Labute approximate surface area is 259 Å². The number of rotatable bonds is 5. The Balaban J connectivity index is 0.00000368. The van der Waals surface area contributed by atoms with Crippen LogP contribution in [0, 0.1) is 0 Å². The molecule has 0 aliphatic carbocycles. The first-order chi connectivity index (χ1) is 20.2. The predicted octanol–water partition coefficient (Wildman–Crippen LogP) is 3.98. The van der Waals surface area contributed by atoms with Crippen molar-refractivity contribution in [1.82, 2.24) is 0 Å². The third kappa shape index (κ3) is 6.22. The van der Waals surface area contributed by atoms with Gasteiger partial charge in [-0.1, -0.05) is 35.8 Å². The van der Waals surface area contributed by atoms with Crippen LogP contribution >= 0.6 is 0 Å². The van der Waals surface area contributed by atoms with E-state index in [1.165, 1.54) is 12.1 Å². The van der Waals surface area contributed by atoms with Crippen molar-refractivity contribution in [1.29, 1.82) is 0 Å². The fourth-order valence-electron chi connectivity index (χ4n) is 5.26. The number of phenols is 4. The Morgan fingerprint density at radius 3 is 1.33 bits per heavy atom. The third-order valence-corrected chi connectivity index (χ3v) is 7.21. The zero-order chi connectivity index (χ0) is 29.4. The molecule has 0 amide bonds. The van der Waals surface area contributed by atoms with Crippen LogP contribution in [-0.2, 0) is 19.5 Å². The summed E-state index contributed by atoms with van der Waals surface area (Å²) in [6.45, 7) is 0.403. The smallest absolute Gasteiger partial charge is 0.872 e. The molecule has 2 aliphatic rings. The van der Waals surface area contributed by atoms with E-state index in [1.54, 1.807) is 48.5 Å². The van der Waals surface area contributed by atoms with Crippen molar-refractivity contribution in [3.63, 3.8) is 0 Å². The molecule has 6 rings (SSSR count). The van der Waals surface area contributed by atoms with E-state index in [9.17, 15) is 30.6 Å². The second-order valence-electron chi connectivity index (χ2n) is 10.1. The molecule has 4 aromatic carbocycles. The quantitative estimate of drug-likeness (QED) is 0.189. The summed E-state index contributed by atoms with van der Waals surface area (Å²) in [5.41, 5.74) is 3.10. The molecule has 0 spiro atoms. The maximum atomic E-state index is 12.8. The molecule has 0 aromatic heterocycles. The van der Waals surface area contributed by atoms with Crippen molar-refractivity contribution in [3.05, 3.63) is 95.1 Å². The second kappa shape index (κ2) is 12.2. The van der Waals surface area contributed by atoms with E-state index in [4.69, 9.17) is 19.5 Å². The van der Waals surface area contributed by atoms with E-state index < -0.39 is 23.7 Å². The summed E-state index contributed by atoms with van der Waals surface area (Å²) < 4.78 is 12.1. The molecule has 4 aromatic rings. The first-order valence-electron chi connectivity index (χ1n) is 13.3. The monoisotopic (exact) mass is 630 g/mol. The van der Waals surface area contributed by atoms with Gasteiger partial charge in [-0.2, -0.15) is 0 Å².